The Morgan fingerprint density at radius 1 is 1.16 bits per heavy atom. The third-order valence-corrected chi connectivity index (χ3v) is 3.82. The van der Waals surface area contributed by atoms with Crippen LogP contribution in [0.2, 0.25) is 10.0 Å². The molecule has 0 heterocycles. The van der Waals surface area contributed by atoms with E-state index >= 15 is 0 Å². The van der Waals surface area contributed by atoms with Crippen LogP contribution in [-0.4, -0.2) is 5.91 Å². The van der Waals surface area contributed by atoms with E-state index in [-0.39, 0.29) is 10.6 Å². The Balaban J connectivity index is 2.23. The van der Waals surface area contributed by atoms with Gasteiger partial charge in [0.25, 0.3) is 5.91 Å². The molecule has 1 amide bonds. The second-order valence-corrected chi connectivity index (χ2v) is 5.41. The van der Waals surface area contributed by atoms with Crippen LogP contribution in [0.4, 0.5) is 10.1 Å². The summed E-state index contributed by atoms with van der Waals surface area (Å²) in [5, 5.41) is 3.25. The topological polar surface area (TPSA) is 29.1 Å². The van der Waals surface area contributed by atoms with Gasteiger partial charge >= 0.3 is 0 Å². The van der Waals surface area contributed by atoms with Crippen LogP contribution in [0.1, 0.15) is 10.4 Å². The molecular weight excluding hydrogens is 356 g/mol. The normalized spacial score (nSPS) is 10.3. The number of benzene rings is 2. The van der Waals surface area contributed by atoms with E-state index in [9.17, 15) is 9.18 Å². The van der Waals surface area contributed by atoms with Gasteiger partial charge in [0, 0.05) is 15.2 Å². The first kappa shape index (κ1) is 14.3. The molecule has 19 heavy (non-hydrogen) atoms. The lowest BCUT2D eigenvalue weighted by Gasteiger charge is -2.07. The number of hydrogen-bond acceptors (Lipinski definition) is 1. The first-order valence-electron chi connectivity index (χ1n) is 5.19. The number of rotatable bonds is 2. The van der Waals surface area contributed by atoms with E-state index in [2.05, 4.69) is 21.2 Å². The maximum atomic E-state index is 13.6. The number of anilines is 1. The van der Waals surface area contributed by atoms with E-state index < -0.39 is 11.7 Å². The van der Waals surface area contributed by atoms with Crippen molar-refractivity contribution in [3.63, 3.8) is 0 Å². The molecular formula is C13H7BrCl2FNO. The van der Waals surface area contributed by atoms with Crippen LogP contribution >= 0.6 is 39.1 Å². The molecule has 2 aromatic rings. The number of carbonyl (C=O) groups is 1. The van der Waals surface area contributed by atoms with Crippen molar-refractivity contribution in [2.75, 3.05) is 5.32 Å². The lowest BCUT2D eigenvalue weighted by molar-refractivity contribution is 0.102. The summed E-state index contributed by atoms with van der Waals surface area (Å²) in [5.41, 5.74) is 0.399. The van der Waals surface area contributed by atoms with Crippen LogP contribution in [-0.2, 0) is 0 Å². The lowest BCUT2D eigenvalue weighted by Crippen LogP contribution is -2.13. The van der Waals surface area contributed by atoms with Crippen molar-refractivity contribution in [1.29, 1.82) is 0 Å². The van der Waals surface area contributed by atoms with Gasteiger partial charge in [-0.2, -0.15) is 0 Å². The molecule has 0 bridgehead atoms. The number of amides is 1. The van der Waals surface area contributed by atoms with E-state index in [0.29, 0.717) is 15.2 Å². The molecule has 2 rings (SSSR count). The minimum Gasteiger partial charge on any atom is -0.322 e. The fourth-order valence-corrected chi connectivity index (χ4v) is 2.03. The molecule has 0 unspecified atom stereocenters. The van der Waals surface area contributed by atoms with Gasteiger partial charge in [0.15, 0.2) is 0 Å². The quantitative estimate of drug-likeness (QED) is 0.786. The SMILES string of the molecule is O=C(Nc1ccc(Br)c(Cl)c1)c1ccc(Cl)cc1F. The Bertz CT molecular complexity index is 649. The predicted octanol–water partition coefficient (Wildman–Crippen LogP) is 5.15. The molecule has 98 valence electrons. The van der Waals surface area contributed by atoms with Crippen molar-refractivity contribution in [1.82, 2.24) is 0 Å². The average Bonchev–Trinajstić information content (AvgIpc) is 2.33. The van der Waals surface area contributed by atoms with Gasteiger partial charge in [-0.25, -0.2) is 4.39 Å². The molecule has 0 saturated carbocycles. The van der Waals surface area contributed by atoms with Crippen molar-refractivity contribution in [2.24, 2.45) is 0 Å². The van der Waals surface area contributed by atoms with Crippen LogP contribution in [0.5, 0.6) is 0 Å². The number of carbonyl (C=O) groups excluding carboxylic acids is 1. The summed E-state index contributed by atoms with van der Waals surface area (Å²) in [6, 6.07) is 8.78. The number of nitrogens with one attached hydrogen (secondary N) is 1. The molecule has 6 heteroatoms. The number of hydrogen-bond donors (Lipinski definition) is 1. The third kappa shape index (κ3) is 3.47. The maximum absolute atomic E-state index is 13.6. The second kappa shape index (κ2) is 5.90. The summed E-state index contributed by atoms with van der Waals surface area (Å²) in [6.07, 6.45) is 0. The predicted molar refractivity (Wildman–Crippen MR) is 78.5 cm³/mol. The summed E-state index contributed by atoms with van der Waals surface area (Å²) in [6.45, 7) is 0. The monoisotopic (exact) mass is 361 g/mol. The first-order valence-corrected chi connectivity index (χ1v) is 6.74. The van der Waals surface area contributed by atoms with Gasteiger partial charge in [0.1, 0.15) is 5.82 Å². The molecule has 0 fully saturated rings. The molecule has 2 aromatic carbocycles. The Kier molecular flexibility index (Phi) is 4.45. The summed E-state index contributed by atoms with van der Waals surface area (Å²) in [5.74, 6) is -1.24. The van der Waals surface area contributed by atoms with Crippen molar-refractivity contribution < 1.29 is 9.18 Å². The molecule has 0 atom stereocenters. The van der Waals surface area contributed by atoms with Crippen molar-refractivity contribution in [2.45, 2.75) is 0 Å². The fraction of sp³-hybridized carbons (Fsp3) is 0. The Morgan fingerprint density at radius 3 is 2.53 bits per heavy atom. The minimum absolute atomic E-state index is 0.0801. The zero-order valence-corrected chi connectivity index (χ0v) is 12.5. The van der Waals surface area contributed by atoms with Crippen LogP contribution in [0.3, 0.4) is 0 Å². The third-order valence-electron chi connectivity index (χ3n) is 2.35. The van der Waals surface area contributed by atoms with E-state index in [1.807, 2.05) is 0 Å². The highest BCUT2D eigenvalue weighted by Gasteiger charge is 2.12. The van der Waals surface area contributed by atoms with E-state index in [1.165, 1.54) is 12.1 Å². The lowest BCUT2D eigenvalue weighted by atomic mass is 10.2. The molecule has 0 aliphatic heterocycles. The zero-order chi connectivity index (χ0) is 14.0. The molecule has 0 aliphatic carbocycles. The summed E-state index contributed by atoms with van der Waals surface area (Å²) < 4.78 is 14.3. The minimum atomic E-state index is -0.673. The highest BCUT2D eigenvalue weighted by molar-refractivity contribution is 9.10. The molecule has 0 radical (unpaired) electrons. The number of halogens is 4. The fourth-order valence-electron chi connectivity index (χ4n) is 1.45. The van der Waals surface area contributed by atoms with Gasteiger partial charge in [0.2, 0.25) is 0 Å². The molecule has 0 saturated heterocycles. The Hall–Kier alpha value is -1.10. The van der Waals surface area contributed by atoms with Gasteiger partial charge in [-0.3, -0.25) is 4.79 Å². The second-order valence-electron chi connectivity index (χ2n) is 3.71. The standard InChI is InChI=1S/C13H7BrCl2FNO/c14-10-4-2-8(6-11(10)16)18-13(19)9-3-1-7(15)5-12(9)17/h1-6H,(H,18,19). The van der Waals surface area contributed by atoms with Crippen molar-refractivity contribution in [3.05, 3.63) is 62.3 Å². The van der Waals surface area contributed by atoms with Crippen LogP contribution < -0.4 is 5.32 Å². The molecule has 0 spiro atoms. The summed E-state index contributed by atoms with van der Waals surface area (Å²) >= 11 is 14.8. The summed E-state index contributed by atoms with van der Waals surface area (Å²) in [7, 11) is 0. The van der Waals surface area contributed by atoms with Gasteiger partial charge in [-0.05, 0) is 52.3 Å². The average molecular weight is 363 g/mol. The van der Waals surface area contributed by atoms with Gasteiger partial charge in [-0.15, -0.1) is 0 Å². The van der Waals surface area contributed by atoms with Crippen LogP contribution in [0.15, 0.2) is 40.9 Å². The zero-order valence-electron chi connectivity index (χ0n) is 9.38. The summed E-state index contributed by atoms with van der Waals surface area (Å²) in [4.78, 5) is 11.9. The molecule has 2 nitrogen and oxygen atoms in total. The Morgan fingerprint density at radius 2 is 1.89 bits per heavy atom. The highest BCUT2D eigenvalue weighted by atomic mass is 79.9. The van der Waals surface area contributed by atoms with E-state index in [1.54, 1.807) is 18.2 Å². The Labute approximate surface area is 127 Å². The van der Waals surface area contributed by atoms with Gasteiger partial charge in [-0.1, -0.05) is 23.2 Å². The first-order chi connectivity index (χ1) is 8.97. The van der Waals surface area contributed by atoms with Gasteiger partial charge in [0.05, 0.1) is 10.6 Å². The van der Waals surface area contributed by atoms with Crippen molar-refractivity contribution >= 4 is 50.7 Å². The van der Waals surface area contributed by atoms with Gasteiger partial charge < -0.3 is 5.32 Å². The van der Waals surface area contributed by atoms with E-state index in [0.717, 1.165) is 6.07 Å². The van der Waals surface area contributed by atoms with E-state index in [4.69, 9.17) is 23.2 Å². The maximum Gasteiger partial charge on any atom is 0.258 e. The van der Waals surface area contributed by atoms with Crippen LogP contribution in [0, 0.1) is 5.82 Å². The highest BCUT2D eigenvalue weighted by Crippen LogP contribution is 2.26. The largest absolute Gasteiger partial charge is 0.322 e. The molecule has 0 aliphatic rings. The smallest absolute Gasteiger partial charge is 0.258 e. The molecule has 1 N–H and O–H groups in total. The van der Waals surface area contributed by atoms with Crippen molar-refractivity contribution in [3.8, 4) is 0 Å². The molecule has 0 aromatic heterocycles. The van der Waals surface area contributed by atoms with Crippen LogP contribution in [0.25, 0.3) is 0 Å².